The fourth-order valence-electron chi connectivity index (χ4n) is 3.89. The van der Waals surface area contributed by atoms with Crippen molar-refractivity contribution in [1.82, 2.24) is 9.55 Å². The van der Waals surface area contributed by atoms with Gasteiger partial charge in [-0.15, -0.1) is 0 Å². The maximum absolute atomic E-state index is 12.9. The number of ketones is 1. The lowest BCUT2D eigenvalue weighted by molar-refractivity contribution is -0.122. The van der Waals surface area contributed by atoms with E-state index in [0.29, 0.717) is 31.1 Å². The number of anilines is 1. The molecular formula is C22H23N3O2. The standard InChI is InChI=1S/C22H23N3O2/c1-24-14-11-23-21(22(24)27)25-12-9-17(10-13-25)20(26)15-18-7-4-6-16-5-2-3-8-19(16)18/h2-8,11,14,17H,9-10,12-13,15H2,1H3. The normalized spacial score (nSPS) is 15.2. The molecule has 2 heterocycles. The van der Waals surface area contributed by atoms with Crippen molar-refractivity contribution in [2.24, 2.45) is 13.0 Å². The predicted molar refractivity (Wildman–Crippen MR) is 107 cm³/mol. The summed E-state index contributed by atoms with van der Waals surface area (Å²) in [5.41, 5.74) is 1.01. The molecule has 1 fully saturated rings. The van der Waals surface area contributed by atoms with Gasteiger partial charge in [0.1, 0.15) is 5.78 Å². The highest BCUT2D eigenvalue weighted by Crippen LogP contribution is 2.24. The Morgan fingerprint density at radius 1 is 1.11 bits per heavy atom. The van der Waals surface area contributed by atoms with Crippen molar-refractivity contribution in [2.75, 3.05) is 18.0 Å². The van der Waals surface area contributed by atoms with Crippen LogP contribution in [0, 0.1) is 5.92 Å². The number of fused-ring (bicyclic) bond motifs is 1. The quantitative estimate of drug-likeness (QED) is 0.717. The van der Waals surface area contributed by atoms with E-state index in [2.05, 4.69) is 23.2 Å². The molecule has 1 aromatic heterocycles. The molecule has 0 amide bonds. The molecule has 0 unspecified atom stereocenters. The lowest BCUT2D eigenvalue weighted by Gasteiger charge is -2.31. The Bertz CT molecular complexity index is 1030. The summed E-state index contributed by atoms with van der Waals surface area (Å²) >= 11 is 0. The third-order valence-corrected chi connectivity index (χ3v) is 5.49. The van der Waals surface area contributed by atoms with Crippen LogP contribution in [-0.4, -0.2) is 28.4 Å². The minimum absolute atomic E-state index is 0.0489. The van der Waals surface area contributed by atoms with Crippen LogP contribution in [0.1, 0.15) is 18.4 Å². The van der Waals surface area contributed by atoms with Gasteiger partial charge in [-0.3, -0.25) is 9.59 Å². The van der Waals surface area contributed by atoms with Crippen molar-refractivity contribution >= 4 is 22.4 Å². The molecule has 27 heavy (non-hydrogen) atoms. The first kappa shape index (κ1) is 17.5. The van der Waals surface area contributed by atoms with Gasteiger partial charge < -0.3 is 9.47 Å². The number of aromatic nitrogens is 2. The fraction of sp³-hybridized carbons (Fsp3) is 0.318. The second-order valence-corrected chi connectivity index (χ2v) is 7.21. The first-order valence-electron chi connectivity index (χ1n) is 9.39. The van der Waals surface area contributed by atoms with Gasteiger partial charge in [0, 0.05) is 44.9 Å². The Labute approximate surface area is 158 Å². The summed E-state index contributed by atoms with van der Waals surface area (Å²) in [6, 6.07) is 14.3. The monoisotopic (exact) mass is 361 g/mol. The number of Topliss-reactive ketones (excluding diaryl/α,β-unsaturated/α-hetero) is 1. The molecule has 138 valence electrons. The van der Waals surface area contributed by atoms with Gasteiger partial charge in [-0.2, -0.15) is 0 Å². The van der Waals surface area contributed by atoms with Crippen LogP contribution in [0.15, 0.2) is 59.7 Å². The van der Waals surface area contributed by atoms with Crippen LogP contribution in [0.2, 0.25) is 0 Å². The van der Waals surface area contributed by atoms with Crippen molar-refractivity contribution in [3.8, 4) is 0 Å². The predicted octanol–water partition coefficient (Wildman–Crippen LogP) is 2.96. The van der Waals surface area contributed by atoms with Crippen LogP contribution in [-0.2, 0) is 18.3 Å². The maximum atomic E-state index is 12.9. The minimum atomic E-state index is -0.0852. The minimum Gasteiger partial charge on any atom is -0.352 e. The molecule has 1 aliphatic heterocycles. The summed E-state index contributed by atoms with van der Waals surface area (Å²) < 4.78 is 1.54. The number of hydrogen-bond donors (Lipinski definition) is 0. The first-order valence-corrected chi connectivity index (χ1v) is 9.39. The van der Waals surface area contributed by atoms with E-state index < -0.39 is 0 Å². The Kier molecular flexibility index (Phi) is 4.75. The number of piperidine rings is 1. The van der Waals surface area contributed by atoms with Gasteiger partial charge >= 0.3 is 0 Å². The Morgan fingerprint density at radius 3 is 2.67 bits per heavy atom. The summed E-state index contributed by atoms with van der Waals surface area (Å²) in [6.45, 7) is 1.39. The van der Waals surface area contributed by atoms with Gasteiger partial charge in [-0.1, -0.05) is 42.5 Å². The summed E-state index contributed by atoms with van der Waals surface area (Å²) in [5, 5.41) is 2.33. The van der Waals surface area contributed by atoms with Gasteiger partial charge in [0.15, 0.2) is 5.82 Å². The lowest BCUT2D eigenvalue weighted by atomic mass is 9.88. The molecular weight excluding hydrogens is 338 g/mol. The molecule has 0 aliphatic carbocycles. The molecule has 1 aliphatic rings. The number of benzene rings is 2. The highest BCUT2D eigenvalue weighted by atomic mass is 16.1. The van der Waals surface area contributed by atoms with E-state index >= 15 is 0 Å². The first-order chi connectivity index (χ1) is 13.1. The fourth-order valence-corrected chi connectivity index (χ4v) is 3.89. The SMILES string of the molecule is Cn1ccnc(N2CCC(C(=O)Cc3cccc4ccccc34)CC2)c1=O. The molecule has 1 saturated heterocycles. The van der Waals surface area contributed by atoms with E-state index in [9.17, 15) is 9.59 Å². The molecule has 0 spiro atoms. The molecule has 0 N–H and O–H groups in total. The molecule has 0 atom stereocenters. The molecule has 3 aromatic rings. The van der Waals surface area contributed by atoms with Crippen LogP contribution >= 0.6 is 0 Å². The molecule has 5 heteroatoms. The second kappa shape index (κ2) is 7.35. The van der Waals surface area contributed by atoms with Crippen molar-refractivity contribution in [2.45, 2.75) is 19.3 Å². The van der Waals surface area contributed by atoms with E-state index in [-0.39, 0.29) is 11.5 Å². The zero-order valence-corrected chi connectivity index (χ0v) is 15.5. The summed E-state index contributed by atoms with van der Waals surface area (Å²) in [6.07, 6.45) is 5.31. The third kappa shape index (κ3) is 3.50. The number of carbonyl (C=O) groups excluding carboxylic acids is 1. The summed E-state index contributed by atoms with van der Waals surface area (Å²) in [5.74, 6) is 0.827. The number of carbonyl (C=O) groups is 1. The highest BCUT2D eigenvalue weighted by molar-refractivity contribution is 5.91. The Morgan fingerprint density at radius 2 is 1.85 bits per heavy atom. The van der Waals surface area contributed by atoms with E-state index in [4.69, 9.17) is 0 Å². The summed E-state index contributed by atoms with van der Waals surface area (Å²) in [4.78, 5) is 31.4. The van der Waals surface area contributed by atoms with Crippen molar-refractivity contribution < 1.29 is 4.79 Å². The van der Waals surface area contributed by atoms with Crippen LogP contribution in [0.25, 0.3) is 10.8 Å². The number of aryl methyl sites for hydroxylation is 1. The largest absolute Gasteiger partial charge is 0.352 e. The third-order valence-electron chi connectivity index (χ3n) is 5.49. The number of rotatable bonds is 4. The Balaban J connectivity index is 1.44. The smallest absolute Gasteiger partial charge is 0.293 e. The van der Waals surface area contributed by atoms with Crippen molar-refractivity contribution in [3.05, 3.63) is 70.8 Å². The van der Waals surface area contributed by atoms with Crippen LogP contribution in [0.3, 0.4) is 0 Å². The molecule has 4 rings (SSSR count). The lowest BCUT2D eigenvalue weighted by Crippen LogP contribution is -2.40. The van der Waals surface area contributed by atoms with Gasteiger partial charge in [0.2, 0.25) is 0 Å². The van der Waals surface area contributed by atoms with E-state index in [1.807, 2.05) is 29.2 Å². The van der Waals surface area contributed by atoms with Crippen LogP contribution in [0.4, 0.5) is 5.82 Å². The van der Waals surface area contributed by atoms with Gasteiger partial charge in [-0.25, -0.2) is 4.98 Å². The van der Waals surface area contributed by atoms with Gasteiger partial charge in [0.25, 0.3) is 5.56 Å². The average molecular weight is 361 g/mol. The van der Waals surface area contributed by atoms with Crippen LogP contribution < -0.4 is 10.5 Å². The van der Waals surface area contributed by atoms with Gasteiger partial charge in [0.05, 0.1) is 0 Å². The Hall–Kier alpha value is -2.95. The molecule has 0 bridgehead atoms. The topological polar surface area (TPSA) is 55.2 Å². The van der Waals surface area contributed by atoms with Crippen molar-refractivity contribution in [1.29, 1.82) is 0 Å². The van der Waals surface area contributed by atoms with Gasteiger partial charge in [-0.05, 0) is 29.2 Å². The molecule has 0 saturated carbocycles. The zero-order valence-electron chi connectivity index (χ0n) is 15.5. The zero-order chi connectivity index (χ0) is 18.8. The molecule has 0 radical (unpaired) electrons. The van der Waals surface area contributed by atoms with Crippen LogP contribution in [0.5, 0.6) is 0 Å². The van der Waals surface area contributed by atoms with E-state index in [1.165, 1.54) is 5.39 Å². The number of hydrogen-bond acceptors (Lipinski definition) is 4. The highest BCUT2D eigenvalue weighted by Gasteiger charge is 2.27. The average Bonchev–Trinajstić information content (AvgIpc) is 2.70. The van der Waals surface area contributed by atoms with E-state index in [1.54, 1.807) is 24.0 Å². The second-order valence-electron chi connectivity index (χ2n) is 7.21. The molecule has 2 aromatic carbocycles. The number of nitrogens with zero attached hydrogens (tertiary/aromatic N) is 3. The molecule has 5 nitrogen and oxygen atoms in total. The van der Waals surface area contributed by atoms with Crippen molar-refractivity contribution in [3.63, 3.8) is 0 Å². The summed E-state index contributed by atoms with van der Waals surface area (Å²) in [7, 11) is 1.73. The van der Waals surface area contributed by atoms with E-state index in [0.717, 1.165) is 23.8 Å². The maximum Gasteiger partial charge on any atom is 0.293 e.